The Morgan fingerprint density at radius 2 is 1.62 bits per heavy atom. The monoisotopic (exact) mass is 180 g/mol. The van der Waals surface area contributed by atoms with E-state index in [1.807, 2.05) is 6.08 Å². The lowest BCUT2D eigenvalue weighted by molar-refractivity contribution is -0.104. The first-order valence-electron chi connectivity index (χ1n) is 5.17. The van der Waals surface area contributed by atoms with E-state index in [9.17, 15) is 4.79 Å². The van der Waals surface area contributed by atoms with Gasteiger partial charge < -0.3 is 0 Å². The highest BCUT2D eigenvalue weighted by atomic mass is 16.1. The van der Waals surface area contributed by atoms with Gasteiger partial charge in [-0.3, -0.25) is 4.79 Å². The van der Waals surface area contributed by atoms with Crippen LogP contribution in [0.15, 0.2) is 24.3 Å². The molecule has 0 fully saturated rings. The van der Waals surface area contributed by atoms with Crippen molar-refractivity contribution in [2.45, 2.75) is 45.4 Å². The van der Waals surface area contributed by atoms with Crippen molar-refractivity contribution in [2.75, 3.05) is 0 Å². The van der Waals surface area contributed by atoms with Gasteiger partial charge in [0, 0.05) is 0 Å². The molecule has 0 unspecified atom stereocenters. The molecule has 0 atom stereocenters. The molecule has 0 spiro atoms. The summed E-state index contributed by atoms with van der Waals surface area (Å²) in [7, 11) is 0. The molecule has 0 saturated heterocycles. The predicted octanol–water partition coefficient (Wildman–Crippen LogP) is 3.66. The molecule has 0 N–H and O–H groups in total. The van der Waals surface area contributed by atoms with Crippen molar-refractivity contribution in [1.29, 1.82) is 0 Å². The molecule has 0 rings (SSSR count). The summed E-state index contributed by atoms with van der Waals surface area (Å²) in [6.45, 7) is 2.22. The summed E-state index contributed by atoms with van der Waals surface area (Å²) >= 11 is 0. The SMILES string of the molecule is CCCCCC=CCC/C=C\C=O. The standard InChI is InChI=1S/C12H20O/c1-2-3-4-5-6-7-8-9-10-11-12-13/h6-7,10-12H,2-5,8-9H2,1H3/b7-6?,11-10-. The zero-order valence-corrected chi connectivity index (χ0v) is 8.54. The molecule has 0 saturated carbocycles. The average Bonchev–Trinajstić information content (AvgIpc) is 2.16. The summed E-state index contributed by atoms with van der Waals surface area (Å²) < 4.78 is 0. The lowest BCUT2D eigenvalue weighted by Crippen LogP contribution is -1.71. The Labute approximate surface area is 81.5 Å². The van der Waals surface area contributed by atoms with E-state index in [1.165, 1.54) is 25.7 Å². The summed E-state index contributed by atoms with van der Waals surface area (Å²) in [5.74, 6) is 0. The van der Waals surface area contributed by atoms with Crippen molar-refractivity contribution in [3.63, 3.8) is 0 Å². The van der Waals surface area contributed by atoms with Crippen LogP contribution in [0.5, 0.6) is 0 Å². The molecule has 0 aliphatic rings. The van der Waals surface area contributed by atoms with E-state index in [0.717, 1.165) is 19.1 Å². The van der Waals surface area contributed by atoms with Crippen LogP contribution in [0.4, 0.5) is 0 Å². The fourth-order valence-electron chi connectivity index (χ4n) is 1.09. The van der Waals surface area contributed by atoms with E-state index < -0.39 is 0 Å². The fourth-order valence-corrected chi connectivity index (χ4v) is 1.09. The normalized spacial score (nSPS) is 11.5. The highest BCUT2D eigenvalue weighted by Gasteiger charge is 1.81. The van der Waals surface area contributed by atoms with Gasteiger partial charge in [0.2, 0.25) is 0 Å². The number of rotatable bonds is 8. The Morgan fingerprint density at radius 3 is 2.31 bits per heavy atom. The third-order valence-electron chi connectivity index (χ3n) is 1.86. The second-order valence-electron chi connectivity index (χ2n) is 3.11. The quantitative estimate of drug-likeness (QED) is 0.241. The topological polar surface area (TPSA) is 17.1 Å². The maximum Gasteiger partial charge on any atom is 0.142 e. The van der Waals surface area contributed by atoms with Crippen molar-refractivity contribution in [3.8, 4) is 0 Å². The first kappa shape index (κ1) is 12.2. The van der Waals surface area contributed by atoms with Crippen LogP contribution in [-0.4, -0.2) is 6.29 Å². The molecule has 13 heavy (non-hydrogen) atoms. The summed E-state index contributed by atoms with van der Waals surface area (Å²) in [5.41, 5.74) is 0. The third-order valence-corrected chi connectivity index (χ3v) is 1.86. The van der Waals surface area contributed by atoms with Gasteiger partial charge in [-0.2, -0.15) is 0 Å². The van der Waals surface area contributed by atoms with Gasteiger partial charge in [-0.15, -0.1) is 0 Å². The Kier molecular flexibility index (Phi) is 10.4. The minimum absolute atomic E-state index is 0.824. The van der Waals surface area contributed by atoms with Crippen molar-refractivity contribution in [3.05, 3.63) is 24.3 Å². The molecule has 0 radical (unpaired) electrons. The molecule has 1 heteroatoms. The van der Waals surface area contributed by atoms with Crippen LogP contribution in [0.2, 0.25) is 0 Å². The molecule has 0 aromatic heterocycles. The Bertz CT molecular complexity index is 157. The van der Waals surface area contributed by atoms with Crippen LogP contribution < -0.4 is 0 Å². The smallest absolute Gasteiger partial charge is 0.142 e. The minimum Gasteiger partial charge on any atom is -0.299 e. The van der Waals surface area contributed by atoms with Gasteiger partial charge in [0.1, 0.15) is 6.29 Å². The molecule has 0 aromatic carbocycles. The van der Waals surface area contributed by atoms with Gasteiger partial charge in [-0.05, 0) is 31.8 Å². The molecular weight excluding hydrogens is 160 g/mol. The lowest BCUT2D eigenvalue weighted by atomic mass is 10.2. The number of allylic oxidation sites excluding steroid dienone is 4. The summed E-state index contributed by atoms with van der Waals surface area (Å²) in [6, 6.07) is 0. The number of unbranched alkanes of at least 4 members (excludes halogenated alkanes) is 4. The zero-order chi connectivity index (χ0) is 9.78. The van der Waals surface area contributed by atoms with E-state index in [4.69, 9.17) is 0 Å². The van der Waals surface area contributed by atoms with E-state index in [-0.39, 0.29) is 0 Å². The summed E-state index contributed by atoms with van der Waals surface area (Å²) in [6.07, 6.45) is 15.9. The van der Waals surface area contributed by atoms with E-state index in [1.54, 1.807) is 6.08 Å². The third kappa shape index (κ3) is 11.1. The van der Waals surface area contributed by atoms with Crippen LogP contribution in [0.3, 0.4) is 0 Å². The second-order valence-corrected chi connectivity index (χ2v) is 3.11. The zero-order valence-electron chi connectivity index (χ0n) is 8.54. The van der Waals surface area contributed by atoms with Crippen LogP contribution >= 0.6 is 0 Å². The lowest BCUT2D eigenvalue weighted by Gasteiger charge is -1.91. The number of hydrogen-bond donors (Lipinski definition) is 0. The van der Waals surface area contributed by atoms with Crippen LogP contribution in [0, 0.1) is 0 Å². The molecule has 0 aliphatic carbocycles. The second kappa shape index (κ2) is 11.2. The minimum atomic E-state index is 0.824. The predicted molar refractivity (Wildman–Crippen MR) is 57.7 cm³/mol. The first-order chi connectivity index (χ1) is 6.41. The van der Waals surface area contributed by atoms with E-state index in [2.05, 4.69) is 19.1 Å². The van der Waals surface area contributed by atoms with Gasteiger partial charge in [-0.25, -0.2) is 0 Å². The van der Waals surface area contributed by atoms with E-state index in [0.29, 0.717) is 0 Å². The Hall–Kier alpha value is -0.850. The fraction of sp³-hybridized carbons (Fsp3) is 0.583. The maximum atomic E-state index is 9.91. The number of carbonyl (C=O) groups excluding carboxylic acids is 1. The highest BCUT2D eigenvalue weighted by Crippen LogP contribution is 2.01. The van der Waals surface area contributed by atoms with Gasteiger partial charge in [0.25, 0.3) is 0 Å². The number of carbonyl (C=O) groups is 1. The maximum absolute atomic E-state index is 9.91. The molecule has 74 valence electrons. The van der Waals surface area contributed by atoms with Crippen molar-refractivity contribution in [1.82, 2.24) is 0 Å². The Balaban J connectivity index is 3.12. The molecule has 1 nitrogen and oxygen atoms in total. The van der Waals surface area contributed by atoms with Crippen LogP contribution in [-0.2, 0) is 4.79 Å². The molecule has 0 amide bonds. The molecular formula is C12H20O. The van der Waals surface area contributed by atoms with Gasteiger partial charge in [-0.1, -0.05) is 38.0 Å². The summed E-state index contributed by atoms with van der Waals surface area (Å²) in [4.78, 5) is 9.91. The van der Waals surface area contributed by atoms with Crippen LogP contribution in [0.1, 0.15) is 45.4 Å². The molecule has 0 aliphatic heterocycles. The van der Waals surface area contributed by atoms with Gasteiger partial charge in [0.05, 0.1) is 0 Å². The Morgan fingerprint density at radius 1 is 0.923 bits per heavy atom. The number of hydrogen-bond acceptors (Lipinski definition) is 1. The largest absolute Gasteiger partial charge is 0.299 e. The molecule has 0 heterocycles. The molecule has 0 aromatic rings. The van der Waals surface area contributed by atoms with Gasteiger partial charge in [0.15, 0.2) is 0 Å². The van der Waals surface area contributed by atoms with Crippen molar-refractivity contribution >= 4 is 6.29 Å². The van der Waals surface area contributed by atoms with Gasteiger partial charge >= 0.3 is 0 Å². The highest BCUT2D eigenvalue weighted by molar-refractivity contribution is 5.64. The van der Waals surface area contributed by atoms with E-state index >= 15 is 0 Å². The van der Waals surface area contributed by atoms with Crippen molar-refractivity contribution in [2.24, 2.45) is 0 Å². The van der Waals surface area contributed by atoms with Crippen LogP contribution in [0.25, 0.3) is 0 Å². The van der Waals surface area contributed by atoms with Crippen molar-refractivity contribution < 1.29 is 4.79 Å². The first-order valence-corrected chi connectivity index (χ1v) is 5.17. The number of aldehydes is 1. The molecule has 0 bridgehead atoms. The average molecular weight is 180 g/mol. The summed E-state index contributed by atoms with van der Waals surface area (Å²) in [5, 5.41) is 0.